The van der Waals surface area contributed by atoms with Gasteiger partial charge >= 0.3 is 0 Å². The number of nitrogens with zero attached hydrogens (tertiary/aromatic N) is 4. The summed E-state index contributed by atoms with van der Waals surface area (Å²) in [6.07, 6.45) is 8.57. The number of pyridine rings is 1. The van der Waals surface area contributed by atoms with Gasteiger partial charge < -0.3 is 15.5 Å². The number of aromatic nitrogens is 2. The maximum absolute atomic E-state index is 5.94. The Morgan fingerprint density at radius 1 is 0.920 bits per heavy atom. The van der Waals surface area contributed by atoms with Gasteiger partial charge in [-0.1, -0.05) is 22.9 Å². The smallest absolute Gasteiger partial charge is 0.187 e. The molecule has 4 heterocycles. The van der Waals surface area contributed by atoms with Crippen molar-refractivity contribution in [1.82, 2.24) is 9.97 Å². The fourth-order valence-electron chi connectivity index (χ4n) is 4.14. The zero-order chi connectivity index (χ0) is 17.2. The van der Waals surface area contributed by atoms with Gasteiger partial charge in [0.25, 0.3) is 0 Å². The van der Waals surface area contributed by atoms with E-state index in [-0.39, 0.29) is 0 Å². The van der Waals surface area contributed by atoms with Gasteiger partial charge in [-0.3, -0.25) is 0 Å². The van der Waals surface area contributed by atoms with E-state index in [1.165, 1.54) is 25.7 Å². The van der Waals surface area contributed by atoms with Crippen LogP contribution in [0, 0.1) is 11.8 Å². The number of hydrogen-bond acceptors (Lipinski definition) is 6. The highest BCUT2D eigenvalue weighted by Gasteiger charge is 2.30. The molecule has 0 unspecified atom stereocenters. The molecule has 2 aromatic rings. The maximum Gasteiger partial charge on any atom is 0.187 e. The van der Waals surface area contributed by atoms with E-state index in [2.05, 4.69) is 19.8 Å². The summed E-state index contributed by atoms with van der Waals surface area (Å²) in [4.78, 5) is 13.7. The minimum absolute atomic E-state index is 0.701. The van der Waals surface area contributed by atoms with Crippen molar-refractivity contribution in [3.05, 3.63) is 29.5 Å². The number of nitrogen functional groups attached to an aromatic ring is 1. The van der Waals surface area contributed by atoms with E-state index in [1.807, 2.05) is 12.1 Å². The fourth-order valence-corrected chi connectivity index (χ4v) is 4.99. The highest BCUT2D eigenvalue weighted by atomic mass is 35.5. The van der Waals surface area contributed by atoms with Crippen LogP contribution < -0.4 is 15.5 Å². The Kier molecular flexibility index (Phi) is 4.99. The molecule has 0 atom stereocenters. The Hall–Kier alpha value is -1.53. The fraction of sp³-hybridized carbons (Fsp3) is 0.556. The second-order valence-corrected chi connectivity index (χ2v) is 8.51. The van der Waals surface area contributed by atoms with E-state index in [0.717, 1.165) is 54.0 Å². The summed E-state index contributed by atoms with van der Waals surface area (Å²) < 4.78 is 0. The third kappa shape index (κ3) is 3.85. The number of hydrogen-bond donors (Lipinski definition) is 1. The minimum atomic E-state index is 0.701. The second kappa shape index (κ2) is 7.38. The van der Waals surface area contributed by atoms with E-state index in [4.69, 9.17) is 17.3 Å². The summed E-state index contributed by atoms with van der Waals surface area (Å²) in [6, 6.07) is 3.96. The summed E-state index contributed by atoms with van der Waals surface area (Å²) in [6.45, 7) is 4.41. The van der Waals surface area contributed by atoms with Crippen molar-refractivity contribution in [2.45, 2.75) is 25.7 Å². The van der Waals surface area contributed by atoms with Crippen molar-refractivity contribution in [1.29, 1.82) is 0 Å². The van der Waals surface area contributed by atoms with Crippen molar-refractivity contribution in [2.24, 2.45) is 11.8 Å². The van der Waals surface area contributed by atoms with Crippen LogP contribution in [0.2, 0.25) is 5.02 Å². The quantitative estimate of drug-likeness (QED) is 0.878. The van der Waals surface area contributed by atoms with E-state index in [1.54, 1.807) is 23.7 Å². The molecule has 4 rings (SSSR count). The first-order valence-corrected chi connectivity index (χ1v) is 10.2. The van der Waals surface area contributed by atoms with Crippen LogP contribution >= 0.6 is 22.9 Å². The molecule has 2 fully saturated rings. The summed E-state index contributed by atoms with van der Waals surface area (Å²) in [7, 11) is 0. The highest BCUT2D eigenvalue weighted by molar-refractivity contribution is 7.19. The van der Waals surface area contributed by atoms with Gasteiger partial charge in [0.2, 0.25) is 0 Å². The van der Waals surface area contributed by atoms with Gasteiger partial charge in [0.05, 0.1) is 11.2 Å². The van der Waals surface area contributed by atoms with Crippen LogP contribution in [0.3, 0.4) is 0 Å². The highest BCUT2D eigenvalue weighted by Crippen LogP contribution is 2.35. The molecular weight excluding hydrogens is 354 g/mol. The van der Waals surface area contributed by atoms with Crippen molar-refractivity contribution in [2.75, 3.05) is 41.7 Å². The normalized spacial score (nSPS) is 20.2. The molecule has 0 aliphatic carbocycles. The zero-order valence-corrected chi connectivity index (χ0v) is 15.8. The molecule has 0 saturated carbocycles. The van der Waals surface area contributed by atoms with Gasteiger partial charge in [0, 0.05) is 32.4 Å². The number of halogens is 1. The topological polar surface area (TPSA) is 58.3 Å². The third-order valence-electron chi connectivity index (χ3n) is 5.56. The van der Waals surface area contributed by atoms with E-state index in [0.29, 0.717) is 5.02 Å². The van der Waals surface area contributed by atoms with Crippen LogP contribution in [0.25, 0.3) is 0 Å². The van der Waals surface area contributed by atoms with Crippen LogP contribution in [0.4, 0.5) is 16.0 Å². The molecule has 2 saturated heterocycles. The Balaban J connectivity index is 1.28. The number of anilines is 3. The van der Waals surface area contributed by atoms with Gasteiger partial charge in [0.1, 0.15) is 10.8 Å². The van der Waals surface area contributed by atoms with Gasteiger partial charge in [-0.25, -0.2) is 9.97 Å². The summed E-state index contributed by atoms with van der Waals surface area (Å²) in [5, 5.41) is 2.59. The molecule has 25 heavy (non-hydrogen) atoms. The van der Waals surface area contributed by atoms with Gasteiger partial charge in [0.15, 0.2) is 5.13 Å². The van der Waals surface area contributed by atoms with Crippen molar-refractivity contribution >= 4 is 38.9 Å². The molecule has 0 amide bonds. The number of nitrogens with two attached hydrogens (primary N) is 1. The molecule has 0 bridgehead atoms. The lowest BCUT2D eigenvalue weighted by atomic mass is 9.79. The van der Waals surface area contributed by atoms with Crippen LogP contribution in [0.5, 0.6) is 0 Å². The van der Waals surface area contributed by atoms with Crippen LogP contribution in [-0.4, -0.2) is 36.1 Å². The largest absolute Gasteiger partial charge is 0.389 e. The Labute approximate surface area is 157 Å². The Bertz CT molecular complexity index is 688. The molecule has 0 aromatic carbocycles. The standard InChI is InChI=1S/C18H24ClN5S/c19-15-1-2-17(21-11-15)23-7-3-13(4-8-23)14-5-9-24(10-6-14)18-22-12-16(20)25-18/h1-2,11-14H,3-10,20H2. The molecule has 2 aromatic heterocycles. The SMILES string of the molecule is Nc1cnc(N2CCC(C3CCN(c4ccc(Cl)cn4)CC3)CC2)s1. The zero-order valence-electron chi connectivity index (χ0n) is 14.3. The van der Waals surface area contributed by atoms with Crippen molar-refractivity contribution in [3.8, 4) is 0 Å². The molecule has 2 N–H and O–H groups in total. The lowest BCUT2D eigenvalue weighted by molar-refractivity contribution is 0.233. The van der Waals surface area contributed by atoms with Gasteiger partial charge in [-0.2, -0.15) is 0 Å². The van der Waals surface area contributed by atoms with Crippen LogP contribution in [0.15, 0.2) is 24.5 Å². The monoisotopic (exact) mass is 377 g/mol. The molecule has 0 radical (unpaired) electrons. The summed E-state index contributed by atoms with van der Waals surface area (Å²) >= 11 is 7.54. The lowest BCUT2D eigenvalue weighted by Crippen LogP contribution is -2.41. The Morgan fingerprint density at radius 2 is 1.56 bits per heavy atom. The third-order valence-corrected chi connectivity index (χ3v) is 6.67. The first kappa shape index (κ1) is 16.9. The molecule has 7 heteroatoms. The minimum Gasteiger partial charge on any atom is -0.389 e. The first-order chi connectivity index (χ1) is 12.2. The van der Waals surface area contributed by atoms with E-state index in [9.17, 15) is 0 Å². The number of thiazole rings is 1. The maximum atomic E-state index is 5.94. The van der Waals surface area contributed by atoms with E-state index < -0.39 is 0 Å². The molecule has 2 aliphatic heterocycles. The van der Waals surface area contributed by atoms with Crippen molar-refractivity contribution in [3.63, 3.8) is 0 Å². The molecule has 5 nitrogen and oxygen atoms in total. The van der Waals surface area contributed by atoms with Crippen LogP contribution in [-0.2, 0) is 0 Å². The average Bonchev–Trinajstić information content (AvgIpc) is 3.09. The van der Waals surface area contributed by atoms with E-state index >= 15 is 0 Å². The molecule has 134 valence electrons. The average molecular weight is 378 g/mol. The lowest BCUT2D eigenvalue weighted by Gasteiger charge is -2.40. The summed E-state index contributed by atoms with van der Waals surface area (Å²) in [5.41, 5.74) is 5.81. The van der Waals surface area contributed by atoms with Crippen LogP contribution in [0.1, 0.15) is 25.7 Å². The molecular formula is C18H24ClN5S. The number of piperidine rings is 2. The Morgan fingerprint density at radius 3 is 2.08 bits per heavy atom. The number of rotatable bonds is 3. The molecule has 0 spiro atoms. The predicted molar refractivity (Wildman–Crippen MR) is 106 cm³/mol. The summed E-state index contributed by atoms with van der Waals surface area (Å²) in [5.74, 6) is 2.74. The van der Waals surface area contributed by atoms with Crippen molar-refractivity contribution < 1.29 is 0 Å². The molecule has 2 aliphatic rings. The van der Waals surface area contributed by atoms with Gasteiger partial charge in [-0.15, -0.1) is 0 Å². The predicted octanol–water partition coefficient (Wildman–Crippen LogP) is 3.91. The second-order valence-electron chi connectivity index (χ2n) is 7.03. The first-order valence-electron chi connectivity index (χ1n) is 9.02. The van der Waals surface area contributed by atoms with Gasteiger partial charge in [-0.05, 0) is 49.7 Å².